The van der Waals surface area contributed by atoms with Crippen LogP contribution in [0.5, 0.6) is 5.75 Å². The van der Waals surface area contributed by atoms with Crippen molar-refractivity contribution < 1.29 is 9.90 Å². The minimum Gasteiger partial charge on any atom is -0.505 e. The molecule has 0 saturated heterocycles. The maximum Gasteiger partial charge on any atom is 0.273 e. The Morgan fingerprint density at radius 2 is 2.24 bits per heavy atom. The van der Waals surface area contributed by atoms with Crippen LogP contribution in [0.25, 0.3) is 0 Å². The second-order valence-electron chi connectivity index (χ2n) is 4.52. The maximum absolute atomic E-state index is 11.6. The van der Waals surface area contributed by atoms with E-state index in [0.29, 0.717) is 12.5 Å². The van der Waals surface area contributed by atoms with E-state index >= 15 is 0 Å². The minimum atomic E-state index is -0.312. The van der Waals surface area contributed by atoms with Crippen molar-refractivity contribution in [1.82, 2.24) is 10.3 Å². The third-order valence-electron chi connectivity index (χ3n) is 2.50. The van der Waals surface area contributed by atoms with Crippen molar-refractivity contribution in [2.75, 3.05) is 6.54 Å². The van der Waals surface area contributed by atoms with E-state index in [4.69, 9.17) is 0 Å². The quantitative estimate of drug-likeness (QED) is 0.745. The van der Waals surface area contributed by atoms with Crippen molar-refractivity contribution in [2.24, 2.45) is 5.92 Å². The molecule has 1 heterocycles. The highest BCUT2D eigenvalue weighted by Crippen LogP contribution is 2.12. The van der Waals surface area contributed by atoms with E-state index in [1.165, 1.54) is 18.7 Å². The van der Waals surface area contributed by atoms with E-state index < -0.39 is 0 Å². The number of rotatable bonds is 6. The summed E-state index contributed by atoms with van der Waals surface area (Å²) in [5, 5.41) is 12.2. The molecule has 2 N–H and O–H groups in total. The molecule has 0 saturated carbocycles. The molecule has 0 radical (unpaired) electrons. The molecule has 1 aromatic rings. The first-order chi connectivity index (χ1) is 8.11. The molecule has 0 unspecified atom stereocenters. The monoisotopic (exact) mass is 236 g/mol. The number of carbonyl (C=O) groups is 1. The topological polar surface area (TPSA) is 62.2 Å². The molecular weight excluding hydrogens is 216 g/mol. The second kappa shape index (κ2) is 6.89. The van der Waals surface area contributed by atoms with Crippen LogP contribution in [-0.4, -0.2) is 22.5 Å². The van der Waals surface area contributed by atoms with Crippen LogP contribution in [0.3, 0.4) is 0 Å². The summed E-state index contributed by atoms with van der Waals surface area (Å²) in [6.07, 6.45) is 4.72. The Bertz CT molecular complexity index is 364. The van der Waals surface area contributed by atoms with Crippen molar-refractivity contribution in [2.45, 2.75) is 33.1 Å². The van der Waals surface area contributed by atoms with Crippen LogP contribution in [0.2, 0.25) is 0 Å². The highest BCUT2D eigenvalue weighted by atomic mass is 16.3. The summed E-state index contributed by atoms with van der Waals surface area (Å²) in [4.78, 5) is 15.5. The minimum absolute atomic E-state index is 0.0767. The molecule has 0 aliphatic heterocycles. The molecule has 0 bridgehead atoms. The average Bonchev–Trinajstić information content (AvgIpc) is 2.28. The first-order valence-corrected chi connectivity index (χ1v) is 6.03. The van der Waals surface area contributed by atoms with Crippen molar-refractivity contribution >= 4 is 5.91 Å². The van der Waals surface area contributed by atoms with E-state index in [2.05, 4.69) is 24.1 Å². The van der Waals surface area contributed by atoms with E-state index in [-0.39, 0.29) is 17.4 Å². The normalized spacial score (nSPS) is 10.5. The number of unbranched alkanes of at least 4 members (excludes halogenated alkanes) is 1. The third kappa shape index (κ3) is 4.85. The lowest BCUT2D eigenvalue weighted by Gasteiger charge is -2.06. The summed E-state index contributed by atoms with van der Waals surface area (Å²) in [5.41, 5.74) is 0.0939. The zero-order valence-corrected chi connectivity index (χ0v) is 10.4. The first-order valence-electron chi connectivity index (χ1n) is 6.03. The van der Waals surface area contributed by atoms with Gasteiger partial charge in [0.15, 0.2) is 5.69 Å². The Morgan fingerprint density at radius 3 is 2.88 bits per heavy atom. The van der Waals surface area contributed by atoms with E-state index in [1.54, 1.807) is 6.07 Å². The van der Waals surface area contributed by atoms with Gasteiger partial charge in [-0.05, 0) is 24.5 Å². The number of pyridine rings is 1. The molecule has 0 aliphatic carbocycles. The molecule has 4 nitrogen and oxygen atoms in total. The van der Waals surface area contributed by atoms with Gasteiger partial charge in [-0.3, -0.25) is 4.79 Å². The molecule has 17 heavy (non-hydrogen) atoms. The average molecular weight is 236 g/mol. The molecular formula is C13H20N2O2. The summed E-state index contributed by atoms with van der Waals surface area (Å²) in [5.74, 6) is 0.311. The van der Waals surface area contributed by atoms with Crippen molar-refractivity contribution in [3.05, 3.63) is 24.0 Å². The van der Waals surface area contributed by atoms with Crippen LogP contribution in [0, 0.1) is 5.92 Å². The molecule has 94 valence electrons. The van der Waals surface area contributed by atoms with Gasteiger partial charge in [-0.1, -0.05) is 26.7 Å². The maximum atomic E-state index is 11.6. The van der Waals surface area contributed by atoms with Gasteiger partial charge in [-0.15, -0.1) is 0 Å². The van der Waals surface area contributed by atoms with Crippen LogP contribution >= 0.6 is 0 Å². The molecule has 0 aromatic carbocycles. The molecule has 1 amide bonds. The number of hydrogen-bond acceptors (Lipinski definition) is 3. The highest BCUT2D eigenvalue weighted by molar-refractivity contribution is 5.94. The van der Waals surface area contributed by atoms with Crippen LogP contribution in [-0.2, 0) is 0 Å². The summed E-state index contributed by atoms with van der Waals surface area (Å²) in [6, 6.07) is 3.05. The van der Waals surface area contributed by atoms with Crippen LogP contribution in [0.15, 0.2) is 18.3 Å². The van der Waals surface area contributed by atoms with Gasteiger partial charge in [-0.2, -0.15) is 0 Å². The molecule has 1 rings (SSSR count). The standard InChI is InChI=1S/C13H20N2O2/c1-10(2)6-3-4-8-15-13(17)12-11(16)7-5-9-14-12/h5,7,9-10,16H,3-4,6,8H2,1-2H3,(H,15,17). The first kappa shape index (κ1) is 13.5. The number of nitrogens with one attached hydrogen (secondary N) is 1. The number of hydrogen-bond donors (Lipinski definition) is 2. The Morgan fingerprint density at radius 1 is 1.47 bits per heavy atom. The van der Waals surface area contributed by atoms with E-state index in [0.717, 1.165) is 12.8 Å². The van der Waals surface area contributed by atoms with Gasteiger partial charge in [0.05, 0.1) is 0 Å². The fraction of sp³-hybridized carbons (Fsp3) is 0.538. The van der Waals surface area contributed by atoms with Gasteiger partial charge in [-0.25, -0.2) is 4.98 Å². The Balaban J connectivity index is 2.29. The van der Waals surface area contributed by atoms with E-state index in [1.807, 2.05) is 0 Å². The number of aromatic nitrogens is 1. The van der Waals surface area contributed by atoms with Crippen LogP contribution < -0.4 is 5.32 Å². The summed E-state index contributed by atoms with van der Waals surface area (Å²) < 4.78 is 0. The zero-order chi connectivity index (χ0) is 12.7. The van der Waals surface area contributed by atoms with Crippen molar-refractivity contribution in [3.8, 4) is 5.75 Å². The fourth-order valence-corrected chi connectivity index (χ4v) is 1.53. The molecule has 1 aromatic heterocycles. The smallest absolute Gasteiger partial charge is 0.273 e. The van der Waals surface area contributed by atoms with Gasteiger partial charge >= 0.3 is 0 Å². The molecule has 4 heteroatoms. The highest BCUT2D eigenvalue weighted by Gasteiger charge is 2.10. The largest absolute Gasteiger partial charge is 0.505 e. The number of nitrogens with zero attached hydrogens (tertiary/aromatic N) is 1. The number of carbonyl (C=O) groups excluding carboxylic acids is 1. The molecule has 0 spiro atoms. The lowest BCUT2D eigenvalue weighted by atomic mass is 10.1. The summed E-state index contributed by atoms with van der Waals surface area (Å²) in [7, 11) is 0. The lowest BCUT2D eigenvalue weighted by Crippen LogP contribution is -2.25. The van der Waals surface area contributed by atoms with Crippen LogP contribution in [0.1, 0.15) is 43.6 Å². The molecule has 0 fully saturated rings. The van der Waals surface area contributed by atoms with Crippen molar-refractivity contribution in [1.29, 1.82) is 0 Å². The van der Waals surface area contributed by atoms with Gasteiger partial charge < -0.3 is 10.4 Å². The van der Waals surface area contributed by atoms with Gasteiger partial charge in [0.25, 0.3) is 5.91 Å². The SMILES string of the molecule is CC(C)CCCCNC(=O)c1ncccc1O. The number of aromatic hydroxyl groups is 1. The Labute approximate surface area is 102 Å². The molecule has 0 aliphatic rings. The predicted octanol–water partition coefficient (Wildman–Crippen LogP) is 2.34. The Hall–Kier alpha value is -1.58. The predicted molar refractivity (Wildman–Crippen MR) is 66.9 cm³/mol. The summed E-state index contributed by atoms with van der Waals surface area (Å²) in [6.45, 7) is 5.00. The zero-order valence-electron chi connectivity index (χ0n) is 10.4. The molecule has 0 atom stereocenters. The third-order valence-corrected chi connectivity index (χ3v) is 2.50. The number of amides is 1. The van der Waals surface area contributed by atoms with Crippen molar-refractivity contribution in [3.63, 3.8) is 0 Å². The Kier molecular flexibility index (Phi) is 5.46. The summed E-state index contributed by atoms with van der Waals surface area (Å²) >= 11 is 0. The van der Waals surface area contributed by atoms with Gasteiger partial charge in [0.1, 0.15) is 5.75 Å². The fourth-order valence-electron chi connectivity index (χ4n) is 1.53. The van der Waals surface area contributed by atoms with Gasteiger partial charge in [0.2, 0.25) is 0 Å². The van der Waals surface area contributed by atoms with Gasteiger partial charge in [0, 0.05) is 12.7 Å². The second-order valence-corrected chi connectivity index (χ2v) is 4.52. The van der Waals surface area contributed by atoms with E-state index in [9.17, 15) is 9.90 Å². The van der Waals surface area contributed by atoms with Crippen LogP contribution in [0.4, 0.5) is 0 Å². The lowest BCUT2D eigenvalue weighted by molar-refractivity contribution is 0.0945.